The zero-order valence-electron chi connectivity index (χ0n) is 18.7. The lowest BCUT2D eigenvalue weighted by atomic mass is 10.1. The van der Waals surface area contributed by atoms with Crippen LogP contribution in [0.15, 0.2) is 81.3 Å². The molecule has 1 N–H and O–H groups in total. The van der Waals surface area contributed by atoms with Crippen LogP contribution in [0, 0.1) is 6.92 Å². The van der Waals surface area contributed by atoms with Crippen molar-refractivity contribution in [1.29, 1.82) is 0 Å². The Morgan fingerprint density at radius 3 is 2.68 bits per heavy atom. The Kier molecular flexibility index (Phi) is 5.93. The summed E-state index contributed by atoms with van der Waals surface area (Å²) in [4.78, 5) is 39.2. The highest BCUT2D eigenvalue weighted by Crippen LogP contribution is 2.36. The highest BCUT2D eigenvalue weighted by atomic mass is 32.2. The third-order valence-electron chi connectivity index (χ3n) is 5.63. The van der Waals surface area contributed by atoms with E-state index in [1.54, 1.807) is 16.7 Å². The molecule has 5 rings (SSSR count). The minimum atomic E-state index is -0.228. The number of allylic oxidation sites excluding steroid dienone is 1. The molecular formula is C26H22N4O2S2. The number of hydrogen-bond donors (Lipinski definition) is 1. The van der Waals surface area contributed by atoms with E-state index in [-0.39, 0.29) is 16.4 Å². The summed E-state index contributed by atoms with van der Waals surface area (Å²) in [7, 11) is 0. The average molecular weight is 487 g/mol. The molecule has 0 saturated heterocycles. The second-order valence-electron chi connectivity index (χ2n) is 8.02. The van der Waals surface area contributed by atoms with E-state index >= 15 is 0 Å². The number of H-pyrrole nitrogens is 1. The molecule has 0 aliphatic rings. The summed E-state index contributed by atoms with van der Waals surface area (Å²) in [5.74, 6) is 0.541. The summed E-state index contributed by atoms with van der Waals surface area (Å²) in [5.41, 5.74) is 3.41. The zero-order chi connectivity index (χ0) is 23.8. The highest BCUT2D eigenvalue weighted by molar-refractivity contribution is 7.99. The van der Waals surface area contributed by atoms with Crippen LogP contribution in [-0.2, 0) is 6.54 Å². The maximum Gasteiger partial charge on any atom is 0.263 e. The van der Waals surface area contributed by atoms with Crippen LogP contribution in [0.5, 0.6) is 0 Å². The van der Waals surface area contributed by atoms with Crippen LogP contribution in [-0.4, -0.2) is 19.5 Å². The van der Waals surface area contributed by atoms with E-state index in [1.165, 1.54) is 28.7 Å². The molecule has 0 fully saturated rings. The van der Waals surface area contributed by atoms with E-state index in [2.05, 4.69) is 16.5 Å². The molecule has 6 nitrogen and oxygen atoms in total. The van der Waals surface area contributed by atoms with Crippen LogP contribution in [0.25, 0.3) is 32.2 Å². The number of para-hydroxylation sites is 1. The van der Waals surface area contributed by atoms with Gasteiger partial charge in [-0.25, -0.2) is 9.97 Å². The summed E-state index contributed by atoms with van der Waals surface area (Å²) in [6.07, 6.45) is 1.69. The molecule has 0 bridgehead atoms. The van der Waals surface area contributed by atoms with Gasteiger partial charge in [-0.3, -0.25) is 14.2 Å². The number of aromatic amines is 1. The Hall–Kier alpha value is -3.49. The molecule has 5 aromatic rings. The predicted octanol–water partition coefficient (Wildman–Crippen LogP) is 5.71. The minimum absolute atomic E-state index is 0.101. The van der Waals surface area contributed by atoms with Gasteiger partial charge in [-0.1, -0.05) is 59.8 Å². The fourth-order valence-electron chi connectivity index (χ4n) is 3.84. The van der Waals surface area contributed by atoms with Crippen molar-refractivity contribution >= 4 is 44.2 Å². The van der Waals surface area contributed by atoms with Gasteiger partial charge in [0, 0.05) is 17.5 Å². The number of thioether (sulfide) groups is 1. The topological polar surface area (TPSA) is 80.6 Å². The van der Waals surface area contributed by atoms with Crippen molar-refractivity contribution in [2.75, 3.05) is 0 Å². The molecule has 0 amide bonds. The molecule has 0 saturated carbocycles. The highest BCUT2D eigenvalue weighted by Gasteiger charge is 2.20. The van der Waals surface area contributed by atoms with E-state index in [4.69, 9.17) is 4.98 Å². The molecular weight excluding hydrogens is 464 g/mol. The van der Waals surface area contributed by atoms with Crippen molar-refractivity contribution in [2.24, 2.45) is 0 Å². The molecule has 0 spiro atoms. The Morgan fingerprint density at radius 2 is 1.91 bits per heavy atom. The average Bonchev–Trinajstić information content (AvgIpc) is 3.26. The Labute approximate surface area is 204 Å². The van der Waals surface area contributed by atoms with Gasteiger partial charge in [0.2, 0.25) is 0 Å². The summed E-state index contributed by atoms with van der Waals surface area (Å²) in [6.45, 7) is 8.14. The molecule has 0 aliphatic carbocycles. The van der Waals surface area contributed by atoms with E-state index < -0.39 is 0 Å². The van der Waals surface area contributed by atoms with Gasteiger partial charge in [0.15, 0.2) is 5.16 Å². The lowest BCUT2D eigenvalue weighted by molar-refractivity contribution is 0.670. The lowest BCUT2D eigenvalue weighted by Crippen LogP contribution is -2.23. The number of nitrogens with zero attached hydrogens (tertiary/aromatic N) is 3. The quantitative estimate of drug-likeness (QED) is 0.189. The second-order valence-corrected chi connectivity index (χ2v) is 10.2. The SMILES string of the molecule is C=CCn1c(SC(C)c2nc3ccccc3c(=O)[nH]2)nc2scc(-c3ccc(C)cc3)c2c1=O. The lowest BCUT2D eigenvalue weighted by Gasteiger charge is -2.15. The van der Waals surface area contributed by atoms with Crippen LogP contribution in [0.1, 0.15) is 23.6 Å². The summed E-state index contributed by atoms with van der Waals surface area (Å²) >= 11 is 2.85. The summed E-state index contributed by atoms with van der Waals surface area (Å²) in [5, 5.41) is 3.49. The normalized spacial score (nSPS) is 12.3. The van der Waals surface area contributed by atoms with Crippen molar-refractivity contribution < 1.29 is 0 Å². The van der Waals surface area contributed by atoms with Gasteiger partial charge >= 0.3 is 0 Å². The van der Waals surface area contributed by atoms with Crippen LogP contribution in [0.2, 0.25) is 0 Å². The number of hydrogen-bond acceptors (Lipinski definition) is 6. The van der Waals surface area contributed by atoms with Crippen molar-refractivity contribution in [1.82, 2.24) is 19.5 Å². The predicted molar refractivity (Wildman–Crippen MR) is 141 cm³/mol. The Bertz CT molecular complexity index is 1650. The first-order valence-electron chi connectivity index (χ1n) is 10.8. The fraction of sp³-hybridized carbons (Fsp3) is 0.154. The number of aryl methyl sites for hydroxylation is 1. The second kappa shape index (κ2) is 9.04. The molecule has 170 valence electrons. The number of benzene rings is 2. The van der Waals surface area contributed by atoms with E-state index in [0.717, 1.165) is 11.1 Å². The zero-order valence-corrected chi connectivity index (χ0v) is 20.4. The minimum Gasteiger partial charge on any atom is -0.309 e. The molecule has 0 radical (unpaired) electrons. The van der Waals surface area contributed by atoms with Gasteiger partial charge in [0.1, 0.15) is 10.7 Å². The van der Waals surface area contributed by atoms with Gasteiger partial charge < -0.3 is 4.98 Å². The maximum absolute atomic E-state index is 13.6. The van der Waals surface area contributed by atoms with Gasteiger partial charge in [-0.2, -0.15) is 0 Å². The monoisotopic (exact) mass is 486 g/mol. The molecule has 8 heteroatoms. The Morgan fingerprint density at radius 1 is 1.15 bits per heavy atom. The molecule has 2 aromatic carbocycles. The Balaban J connectivity index is 1.59. The molecule has 34 heavy (non-hydrogen) atoms. The van der Waals surface area contributed by atoms with Crippen LogP contribution in [0.3, 0.4) is 0 Å². The number of fused-ring (bicyclic) bond motifs is 2. The van der Waals surface area contributed by atoms with Crippen molar-refractivity contribution in [3.05, 3.63) is 98.7 Å². The molecule has 1 unspecified atom stereocenters. The number of rotatable bonds is 6. The summed E-state index contributed by atoms with van der Waals surface area (Å²) in [6, 6.07) is 15.4. The van der Waals surface area contributed by atoms with Gasteiger partial charge in [0.25, 0.3) is 11.1 Å². The first kappa shape index (κ1) is 22.3. The standard InChI is InChI=1S/C26H22N4O2S2/c1-4-13-30-25(32)21-19(17-11-9-15(2)10-12-17)14-33-24(21)29-26(30)34-16(3)22-27-20-8-6-5-7-18(20)23(31)28-22/h4-12,14,16H,1,13H2,2-3H3,(H,27,28,31). The number of nitrogens with one attached hydrogen (secondary N) is 1. The van der Waals surface area contributed by atoms with Crippen LogP contribution in [0.4, 0.5) is 0 Å². The van der Waals surface area contributed by atoms with Crippen LogP contribution >= 0.6 is 23.1 Å². The maximum atomic E-state index is 13.6. The van der Waals surface area contributed by atoms with Crippen molar-refractivity contribution in [2.45, 2.75) is 30.8 Å². The molecule has 3 aromatic heterocycles. The third kappa shape index (κ3) is 3.99. The van der Waals surface area contributed by atoms with E-state index in [9.17, 15) is 9.59 Å². The van der Waals surface area contributed by atoms with Crippen molar-refractivity contribution in [3.63, 3.8) is 0 Å². The number of aromatic nitrogens is 4. The van der Waals surface area contributed by atoms with Crippen LogP contribution < -0.4 is 11.1 Å². The fourth-order valence-corrected chi connectivity index (χ4v) is 5.81. The van der Waals surface area contributed by atoms with E-state index in [1.807, 2.05) is 61.7 Å². The first-order chi connectivity index (χ1) is 16.5. The first-order valence-corrected chi connectivity index (χ1v) is 12.6. The molecule has 3 heterocycles. The largest absolute Gasteiger partial charge is 0.309 e. The molecule has 1 atom stereocenters. The van der Waals surface area contributed by atoms with E-state index in [0.29, 0.717) is 38.6 Å². The van der Waals surface area contributed by atoms with Gasteiger partial charge in [0.05, 0.1) is 21.5 Å². The van der Waals surface area contributed by atoms with Gasteiger partial charge in [-0.05, 0) is 31.5 Å². The van der Waals surface area contributed by atoms with Crippen molar-refractivity contribution in [3.8, 4) is 11.1 Å². The van der Waals surface area contributed by atoms with Gasteiger partial charge in [-0.15, -0.1) is 17.9 Å². The summed E-state index contributed by atoms with van der Waals surface area (Å²) < 4.78 is 1.64. The molecule has 0 aliphatic heterocycles. The smallest absolute Gasteiger partial charge is 0.263 e. The third-order valence-corrected chi connectivity index (χ3v) is 7.60. The number of thiophene rings is 1.